The number of amides is 1. The third-order valence-electron chi connectivity index (χ3n) is 6.48. The zero-order valence-corrected chi connectivity index (χ0v) is 23.8. The van der Waals surface area contributed by atoms with Crippen LogP contribution in [0.25, 0.3) is 21.3 Å². The van der Waals surface area contributed by atoms with Crippen molar-refractivity contribution in [3.8, 4) is 22.6 Å². The molecule has 0 radical (unpaired) electrons. The highest BCUT2D eigenvalue weighted by Crippen LogP contribution is 2.42. The molecule has 0 bridgehead atoms. The summed E-state index contributed by atoms with van der Waals surface area (Å²) in [6, 6.07) is 21.3. The number of hydrogen-bond acceptors (Lipinski definition) is 7. The van der Waals surface area contributed by atoms with E-state index in [1.807, 2.05) is 38.1 Å². The van der Waals surface area contributed by atoms with E-state index < -0.39 is 0 Å². The summed E-state index contributed by atoms with van der Waals surface area (Å²) in [5.41, 5.74) is 5.22. The molecule has 0 atom stereocenters. The van der Waals surface area contributed by atoms with Crippen molar-refractivity contribution in [3.63, 3.8) is 0 Å². The molecule has 7 nitrogen and oxygen atoms in total. The van der Waals surface area contributed by atoms with Crippen LogP contribution >= 0.6 is 11.3 Å². The Bertz CT molecular complexity index is 1620. The number of carbonyl (C=O) groups excluding carboxylic acids is 1. The summed E-state index contributed by atoms with van der Waals surface area (Å²) in [5.74, 6) is 2.00. The average Bonchev–Trinajstić information content (AvgIpc) is 3.41. The first kappa shape index (κ1) is 27.1. The van der Waals surface area contributed by atoms with Crippen LogP contribution < -0.4 is 20.1 Å². The Balaban J connectivity index is 1.54. The lowest BCUT2D eigenvalue weighted by molar-refractivity contribution is 0.102. The molecule has 5 rings (SSSR count). The van der Waals surface area contributed by atoms with E-state index in [0.717, 1.165) is 21.3 Å². The minimum Gasteiger partial charge on any atom is -0.492 e. The lowest BCUT2D eigenvalue weighted by atomic mass is 9.99. The van der Waals surface area contributed by atoms with Crippen LogP contribution in [0, 0.1) is 0 Å². The molecule has 2 aromatic heterocycles. The smallest absolute Gasteiger partial charge is 0.255 e. The largest absolute Gasteiger partial charge is 0.492 e. The first-order chi connectivity index (χ1) is 19.5. The van der Waals surface area contributed by atoms with Gasteiger partial charge in [-0.1, -0.05) is 56.3 Å². The van der Waals surface area contributed by atoms with Gasteiger partial charge in [0, 0.05) is 28.6 Å². The van der Waals surface area contributed by atoms with E-state index >= 15 is 0 Å². The fraction of sp³-hybridized carbons (Fsp3) is 0.219. The maximum atomic E-state index is 12.9. The molecule has 5 aromatic rings. The highest BCUT2D eigenvalue weighted by Gasteiger charge is 2.19. The minimum atomic E-state index is -0.228. The van der Waals surface area contributed by atoms with Gasteiger partial charge >= 0.3 is 0 Å². The lowest BCUT2D eigenvalue weighted by Gasteiger charge is -2.18. The molecule has 0 spiro atoms. The molecule has 0 saturated carbocycles. The predicted octanol–water partition coefficient (Wildman–Crippen LogP) is 8.28. The van der Waals surface area contributed by atoms with Crippen LogP contribution in [-0.4, -0.2) is 29.1 Å². The molecular formula is C32H32N4O3S. The SMILES string of the molecule is CCOc1cc(Nc2ncnc3scc(-c4ccc(C(C)C)cc4)c23)c(OCC)cc1NC(=O)c1ccccc1. The van der Waals surface area contributed by atoms with Gasteiger partial charge in [-0.05, 0) is 43.0 Å². The monoisotopic (exact) mass is 552 g/mol. The number of nitrogens with zero attached hydrogens (tertiary/aromatic N) is 2. The van der Waals surface area contributed by atoms with Gasteiger partial charge in [0.2, 0.25) is 0 Å². The normalized spacial score (nSPS) is 11.0. The number of benzene rings is 3. The Hall–Kier alpha value is -4.43. The summed E-state index contributed by atoms with van der Waals surface area (Å²) in [6.45, 7) is 9.08. The van der Waals surface area contributed by atoms with E-state index in [1.165, 1.54) is 5.56 Å². The zero-order valence-electron chi connectivity index (χ0n) is 23.0. The van der Waals surface area contributed by atoms with Crippen molar-refractivity contribution in [2.24, 2.45) is 0 Å². The Kier molecular flexibility index (Phi) is 8.26. The van der Waals surface area contributed by atoms with Gasteiger partial charge in [0.05, 0.1) is 30.0 Å². The Labute approximate surface area is 238 Å². The second-order valence-electron chi connectivity index (χ2n) is 9.48. The van der Waals surface area contributed by atoms with E-state index in [-0.39, 0.29) is 5.91 Å². The van der Waals surface area contributed by atoms with Gasteiger partial charge in [-0.3, -0.25) is 4.79 Å². The van der Waals surface area contributed by atoms with Crippen LogP contribution in [0.2, 0.25) is 0 Å². The Morgan fingerprint density at radius 2 is 1.57 bits per heavy atom. The van der Waals surface area contributed by atoms with Crippen molar-refractivity contribution >= 4 is 44.7 Å². The van der Waals surface area contributed by atoms with E-state index in [2.05, 4.69) is 64.1 Å². The number of anilines is 3. The number of rotatable bonds is 10. The van der Waals surface area contributed by atoms with Gasteiger partial charge in [0.25, 0.3) is 5.91 Å². The van der Waals surface area contributed by atoms with Gasteiger partial charge in [-0.15, -0.1) is 11.3 Å². The first-order valence-electron chi connectivity index (χ1n) is 13.4. The second-order valence-corrected chi connectivity index (χ2v) is 10.3. The number of hydrogen-bond donors (Lipinski definition) is 2. The van der Waals surface area contributed by atoms with Gasteiger partial charge in [-0.2, -0.15) is 0 Å². The maximum absolute atomic E-state index is 12.9. The molecule has 1 amide bonds. The summed E-state index contributed by atoms with van der Waals surface area (Å²) < 4.78 is 11.9. The van der Waals surface area contributed by atoms with Crippen LogP contribution in [0.3, 0.4) is 0 Å². The summed E-state index contributed by atoms with van der Waals surface area (Å²) >= 11 is 1.58. The number of carbonyl (C=O) groups is 1. The molecular weight excluding hydrogens is 520 g/mol. The molecule has 2 N–H and O–H groups in total. The molecule has 0 unspecified atom stereocenters. The predicted molar refractivity (Wildman–Crippen MR) is 163 cm³/mol. The van der Waals surface area contributed by atoms with E-state index in [9.17, 15) is 4.79 Å². The molecule has 2 heterocycles. The van der Waals surface area contributed by atoms with Crippen LogP contribution in [0.1, 0.15) is 49.5 Å². The Morgan fingerprint density at radius 1 is 0.900 bits per heavy atom. The highest BCUT2D eigenvalue weighted by atomic mass is 32.1. The van der Waals surface area contributed by atoms with Crippen LogP contribution in [0.5, 0.6) is 11.5 Å². The molecule has 0 aliphatic carbocycles. The molecule has 0 aliphatic heterocycles. The Morgan fingerprint density at radius 3 is 2.25 bits per heavy atom. The van der Waals surface area contributed by atoms with Gasteiger partial charge in [-0.25, -0.2) is 9.97 Å². The zero-order chi connectivity index (χ0) is 28.1. The second kappa shape index (κ2) is 12.2. The van der Waals surface area contributed by atoms with Crippen molar-refractivity contribution in [1.82, 2.24) is 9.97 Å². The van der Waals surface area contributed by atoms with Gasteiger partial charge in [0.15, 0.2) is 0 Å². The van der Waals surface area contributed by atoms with Crippen molar-refractivity contribution in [1.29, 1.82) is 0 Å². The lowest BCUT2D eigenvalue weighted by Crippen LogP contribution is -2.13. The highest BCUT2D eigenvalue weighted by molar-refractivity contribution is 7.17. The minimum absolute atomic E-state index is 0.228. The number of ether oxygens (including phenoxy) is 2. The molecule has 3 aromatic carbocycles. The van der Waals surface area contributed by atoms with Crippen LogP contribution in [0.4, 0.5) is 17.2 Å². The molecule has 8 heteroatoms. The molecule has 0 fully saturated rings. The van der Waals surface area contributed by atoms with Crippen LogP contribution in [0.15, 0.2) is 78.4 Å². The number of aromatic nitrogens is 2. The number of thiophene rings is 1. The van der Waals surface area contributed by atoms with Crippen molar-refractivity contribution in [3.05, 3.63) is 89.6 Å². The van der Waals surface area contributed by atoms with Crippen LogP contribution in [-0.2, 0) is 0 Å². The fourth-order valence-electron chi connectivity index (χ4n) is 4.45. The van der Waals surface area contributed by atoms with E-state index in [0.29, 0.717) is 53.4 Å². The summed E-state index contributed by atoms with van der Waals surface area (Å²) in [4.78, 5) is 22.9. The average molecular weight is 553 g/mol. The molecule has 0 saturated heterocycles. The quantitative estimate of drug-likeness (QED) is 0.181. The molecule has 0 aliphatic rings. The van der Waals surface area contributed by atoms with Crippen molar-refractivity contribution in [2.75, 3.05) is 23.8 Å². The van der Waals surface area contributed by atoms with E-state index in [4.69, 9.17) is 9.47 Å². The van der Waals surface area contributed by atoms with Gasteiger partial charge < -0.3 is 20.1 Å². The summed E-state index contributed by atoms with van der Waals surface area (Å²) in [6.07, 6.45) is 1.56. The van der Waals surface area contributed by atoms with Crippen molar-refractivity contribution < 1.29 is 14.3 Å². The van der Waals surface area contributed by atoms with Gasteiger partial charge in [0.1, 0.15) is 28.5 Å². The summed E-state index contributed by atoms with van der Waals surface area (Å²) in [5, 5.41) is 9.50. The first-order valence-corrected chi connectivity index (χ1v) is 14.3. The third kappa shape index (κ3) is 5.77. The topological polar surface area (TPSA) is 85.4 Å². The summed E-state index contributed by atoms with van der Waals surface area (Å²) in [7, 11) is 0. The molecule has 40 heavy (non-hydrogen) atoms. The number of nitrogens with one attached hydrogen (secondary N) is 2. The molecule has 204 valence electrons. The maximum Gasteiger partial charge on any atom is 0.255 e. The van der Waals surface area contributed by atoms with E-state index in [1.54, 1.807) is 35.9 Å². The van der Waals surface area contributed by atoms with Crippen molar-refractivity contribution in [2.45, 2.75) is 33.6 Å². The standard InChI is InChI=1S/C32H32N4O3S/c1-5-38-27-17-26(36-31(37)23-10-8-7-9-11-23)28(39-6-2)16-25(27)35-30-29-24(18-40-32(29)34-19-33-30)22-14-12-21(13-15-22)20(3)4/h7-20H,5-6H2,1-4H3,(H,36,37)(H,33,34,35). The number of fused-ring (bicyclic) bond motifs is 1. The third-order valence-corrected chi connectivity index (χ3v) is 7.36. The fourth-order valence-corrected chi connectivity index (χ4v) is 5.36.